The van der Waals surface area contributed by atoms with Gasteiger partial charge in [0.15, 0.2) is 0 Å². The average molecular weight is 549 g/mol. The Kier molecular flexibility index (Phi) is 6.70. The highest BCUT2D eigenvalue weighted by atomic mass is 35.5. The van der Waals surface area contributed by atoms with Crippen LogP contribution in [0.1, 0.15) is 54.3 Å². The van der Waals surface area contributed by atoms with Gasteiger partial charge in [0.25, 0.3) is 5.91 Å². The van der Waals surface area contributed by atoms with Gasteiger partial charge < -0.3 is 10.1 Å². The van der Waals surface area contributed by atoms with Crippen molar-refractivity contribution in [2.24, 2.45) is 11.3 Å². The van der Waals surface area contributed by atoms with E-state index >= 15 is 0 Å². The first-order valence-corrected chi connectivity index (χ1v) is 14.2. The number of fused-ring (bicyclic) bond motifs is 1. The van der Waals surface area contributed by atoms with Crippen molar-refractivity contribution in [2.75, 3.05) is 6.61 Å². The lowest BCUT2D eigenvalue weighted by atomic mass is 9.49. The Hall–Kier alpha value is -3.23. The summed E-state index contributed by atoms with van der Waals surface area (Å²) in [7, 11) is 0. The minimum atomic E-state index is -0.129. The summed E-state index contributed by atoms with van der Waals surface area (Å²) in [5, 5.41) is 10.1. The van der Waals surface area contributed by atoms with E-state index in [2.05, 4.69) is 15.4 Å². The molecule has 0 saturated heterocycles. The number of esters is 1. The van der Waals surface area contributed by atoms with E-state index in [-0.39, 0.29) is 23.3 Å². The third kappa shape index (κ3) is 4.95. The molecule has 0 radical (unpaired) electrons. The van der Waals surface area contributed by atoms with Crippen LogP contribution in [-0.2, 0) is 16.1 Å². The second kappa shape index (κ2) is 10.2. The van der Waals surface area contributed by atoms with Crippen LogP contribution in [0.2, 0.25) is 5.02 Å². The minimum absolute atomic E-state index is 0.104. The standard InChI is InChI=1S/C29H29ClN4O3S/c1-2-37-25(35)8-18-11-29(12-18)13-22(14-29)33-27(36)24-10-21(30)9-20-15-32-34(26(20)24)17-23-16-31-28(38-23)19-6-4-3-5-7-19/h3-7,9-10,15-16,18,22H,2,8,11-14,17H2,1H3,(H,33,36). The number of nitrogens with one attached hydrogen (secondary N) is 1. The molecule has 6 rings (SSSR count). The summed E-state index contributed by atoms with van der Waals surface area (Å²) in [4.78, 5) is 30.8. The summed E-state index contributed by atoms with van der Waals surface area (Å²) in [5.41, 5.74) is 2.66. The fourth-order valence-corrected chi connectivity index (χ4v) is 7.31. The van der Waals surface area contributed by atoms with E-state index in [9.17, 15) is 9.59 Å². The number of hydrogen-bond donors (Lipinski definition) is 1. The zero-order valence-corrected chi connectivity index (χ0v) is 22.7. The van der Waals surface area contributed by atoms with Crippen LogP contribution in [0.25, 0.3) is 21.5 Å². The first-order chi connectivity index (χ1) is 18.4. The number of ether oxygens (including phenoxy) is 1. The maximum atomic E-state index is 13.4. The number of hydrogen-bond acceptors (Lipinski definition) is 6. The molecular formula is C29H29ClN4O3S. The van der Waals surface area contributed by atoms with Gasteiger partial charge in [0.1, 0.15) is 5.01 Å². The molecule has 1 amide bonds. The van der Waals surface area contributed by atoms with Crippen molar-refractivity contribution in [1.29, 1.82) is 0 Å². The number of benzene rings is 2. The monoisotopic (exact) mass is 548 g/mol. The largest absolute Gasteiger partial charge is 0.466 e. The summed E-state index contributed by atoms with van der Waals surface area (Å²) in [6.45, 7) is 2.78. The third-order valence-electron chi connectivity index (χ3n) is 7.72. The molecule has 7 nitrogen and oxygen atoms in total. The quantitative estimate of drug-likeness (QED) is 0.269. The number of halogens is 1. The molecule has 38 heavy (non-hydrogen) atoms. The SMILES string of the molecule is CCOC(=O)CC1CC2(C1)CC(NC(=O)c1cc(Cl)cc3cnn(Cc4cnc(-c5ccccc5)s4)c13)C2. The van der Waals surface area contributed by atoms with Crippen molar-refractivity contribution in [3.63, 3.8) is 0 Å². The van der Waals surface area contributed by atoms with Crippen molar-refractivity contribution in [3.05, 3.63) is 70.3 Å². The molecule has 1 N–H and O–H groups in total. The molecule has 2 heterocycles. The van der Waals surface area contributed by atoms with E-state index in [1.165, 1.54) is 0 Å². The minimum Gasteiger partial charge on any atom is -0.466 e. The topological polar surface area (TPSA) is 86.1 Å². The molecule has 2 fully saturated rings. The van der Waals surface area contributed by atoms with Gasteiger partial charge >= 0.3 is 5.97 Å². The smallest absolute Gasteiger partial charge is 0.306 e. The number of amides is 1. The highest BCUT2D eigenvalue weighted by Gasteiger charge is 2.53. The van der Waals surface area contributed by atoms with Crippen molar-refractivity contribution in [2.45, 2.75) is 51.6 Å². The van der Waals surface area contributed by atoms with E-state index in [4.69, 9.17) is 16.3 Å². The highest BCUT2D eigenvalue weighted by molar-refractivity contribution is 7.15. The Bertz CT molecular complexity index is 1480. The van der Waals surface area contributed by atoms with Crippen LogP contribution in [0.4, 0.5) is 0 Å². The predicted octanol–water partition coefficient (Wildman–Crippen LogP) is 6.10. The molecule has 196 valence electrons. The van der Waals surface area contributed by atoms with E-state index in [0.717, 1.165) is 52.0 Å². The maximum absolute atomic E-state index is 13.4. The zero-order chi connectivity index (χ0) is 26.3. The number of nitrogens with zero attached hydrogens (tertiary/aromatic N) is 3. The van der Waals surface area contributed by atoms with E-state index in [0.29, 0.717) is 36.1 Å². The summed E-state index contributed by atoms with van der Waals surface area (Å²) in [6, 6.07) is 13.8. The molecule has 2 saturated carbocycles. The molecule has 2 aliphatic rings. The first kappa shape index (κ1) is 25.1. The molecule has 9 heteroatoms. The number of rotatable bonds is 8. The van der Waals surface area contributed by atoms with Gasteiger partial charge in [-0.05, 0) is 56.1 Å². The van der Waals surface area contributed by atoms with Gasteiger partial charge in [0.2, 0.25) is 0 Å². The van der Waals surface area contributed by atoms with Crippen molar-refractivity contribution in [1.82, 2.24) is 20.1 Å². The van der Waals surface area contributed by atoms with Gasteiger partial charge in [-0.15, -0.1) is 11.3 Å². The second-order valence-electron chi connectivity index (χ2n) is 10.6. The fourth-order valence-electron chi connectivity index (χ4n) is 6.18. The van der Waals surface area contributed by atoms with E-state index in [1.807, 2.05) is 54.2 Å². The van der Waals surface area contributed by atoms with Crippen LogP contribution >= 0.6 is 22.9 Å². The molecule has 0 atom stereocenters. The molecule has 2 aliphatic carbocycles. The number of carbonyl (C=O) groups excluding carboxylic acids is 2. The third-order valence-corrected chi connectivity index (χ3v) is 8.97. The maximum Gasteiger partial charge on any atom is 0.306 e. The number of thiazole rings is 1. The highest BCUT2D eigenvalue weighted by Crippen LogP contribution is 2.59. The summed E-state index contributed by atoms with van der Waals surface area (Å²) in [6.07, 6.45) is 8.10. The van der Waals surface area contributed by atoms with Crippen molar-refractivity contribution >= 4 is 45.7 Å². The van der Waals surface area contributed by atoms with Crippen LogP contribution in [0, 0.1) is 11.3 Å². The van der Waals surface area contributed by atoms with E-state index in [1.54, 1.807) is 23.6 Å². The Labute approximate surface area is 230 Å². The Morgan fingerprint density at radius 3 is 2.71 bits per heavy atom. The fraction of sp³-hybridized carbons (Fsp3) is 0.379. The lowest BCUT2D eigenvalue weighted by Gasteiger charge is -2.57. The van der Waals surface area contributed by atoms with Gasteiger partial charge in [0.05, 0.1) is 30.4 Å². The van der Waals surface area contributed by atoms with Crippen molar-refractivity contribution in [3.8, 4) is 10.6 Å². The van der Waals surface area contributed by atoms with Crippen LogP contribution < -0.4 is 5.32 Å². The second-order valence-corrected chi connectivity index (χ2v) is 12.1. The van der Waals surface area contributed by atoms with Crippen LogP contribution in [-0.4, -0.2) is 39.3 Å². The average Bonchev–Trinajstić information content (AvgIpc) is 3.49. The Morgan fingerprint density at radius 1 is 1.16 bits per heavy atom. The molecule has 2 aromatic carbocycles. The summed E-state index contributed by atoms with van der Waals surface area (Å²) >= 11 is 8.01. The number of aromatic nitrogens is 3. The molecule has 1 spiro atoms. The van der Waals surface area contributed by atoms with Crippen molar-refractivity contribution < 1.29 is 14.3 Å². The molecule has 0 bridgehead atoms. The predicted molar refractivity (Wildman–Crippen MR) is 148 cm³/mol. The molecule has 4 aromatic rings. The lowest BCUT2D eigenvalue weighted by molar-refractivity contribution is -0.148. The Morgan fingerprint density at radius 2 is 1.95 bits per heavy atom. The first-order valence-electron chi connectivity index (χ1n) is 13.0. The van der Waals surface area contributed by atoms with Gasteiger partial charge in [-0.1, -0.05) is 41.9 Å². The molecule has 2 aromatic heterocycles. The van der Waals surface area contributed by atoms with Crippen LogP contribution in [0.15, 0.2) is 54.9 Å². The van der Waals surface area contributed by atoms with Gasteiger partial charge in [-0.25, -0.2) is 4.98 Å². The van der Waals surface area contributed by atoms with E-state index < -0.39 is 0 Å². The molecular weight excluding hydrogens is 520 g/mol. The zero-order valence-electron chi connectivity index (χ0n) is 21.2. The summed E-state index contributed by atoms with van der Waals surface area (Å²) < 4.78 is 6.94. The molecule has 0 unspecified atom stereocenters. The normalized spacial score (nSPS) is 22.2. The lowest BCUT2D eigenvalue weighted by Crippen LogP contribution is -2.56. The van der Waals surface area contributed by atoms with Gasteiger partial charge in [-0.2, -0.15) is 5.10 Å². The summed E-state index contributed by atoms with van der Waals surface area (Å²) in [5.74, 6) is 0.172. The van der Waals surface area contributed by atoms with Crippen LogP contribution in [0.5, 0.6) is 0 Å². The molecule has 0 aliphatic heterocycles. The van der Waals surface area contributed by atoms with Gasteiger partial charge in [0, 0.05) is 39.5 Å². The number of carbonyl (C=O) groups is 2. The Balaban J connectivity index is 1.13. The van der Waals surface area contributed by atoms with Crippen LogP contribution in [0.3, 0.4) is 0 Å². The van der Waals surface area contributed by atoms with Gasteiger partial charge in [-0.3, -0.25) is 14.3 Å².